The van der Waals surface area contributed by atoms with Crippen molar-refractivity contribution >= 4 is 5.82 Å². The number of anilines is 1. The van der Waals surface area contributed by atoms with Crippen molar-refractivity contribution in [3.8, 4) is 0 Å². The van der Waals surface area contributed by atoms with Gasteiger partial charge in [0.1, 0.15) is 23.8 Å². The van der Waals surface area contributed by atoms with Crippen molar-refractivity contribution < 1.29 is 8.78 Å². The second-order valence-corrected chi connectivity index (χ2v) is 5.09. The van der Waals surface area contributed by atoms with Crippen molar-refractivity contribution in [1.82, 2.24) is 9.97 Å². The Morgan fingerprint density at radius 3 is 2.45 bits per heavy atom. The summed E-state index contributed by atoms with van der Waals surface area (Å²) in [6.07, 6.45) is 5.12. The van der Waals surface area contributed by atoms with Gasteiger partial charge in [-0.25, -0.2) is 18.7 Å². The third kappa shape index (κ3) is 2.92. The summed E-state index contributed by atoms with van der Waals surface area (Å²) in [5.74, 6) is 0.0797. The lowest BCUT2D eigenvalue weighted by atomic mass is 9.83. The fraction of sp³-hybridized carbons (Fsp3) is 0.333. The topological polar surface area (TPSA) is 37.8 Å². The number of hydrogen-bond donors (Lipinski definition) is 1. The maximum absolute atomic E-state index is 13.1. The first-order chi connectivity index (χ1) is 9.70. The Labute approximate surface area is 116 Å². The summed E-state index contributed by atoms with van der Waals surface area (Å²) < 4.78 is 26.2. The van der Waals surface area contributed by atoms with Crippen molar-refractivity contribution in [1.29, 1.82) is 0 Å². The zero-order valence-corrected chi connectivity index (χ0v) is 10.9. The minimum atomic E-state index is -0.570. The van der Waals surface area contributed by atoms with Gasteiger partial charge in [-0.3, -0.25) is 0 Å². The monoisotopic (exact) mass is 275 g/mol. The molecule has 1 heterocycles. The van der Waals surface area contributed by atoms with E-state index in [-0.39, 0.29) is 0 Å². The van der Waals surface area contributed by atoms with Gasteiger partial charge in [-0.1, -0.05) is 6.42 Å². The molecule has 3 nitrogen and oxygen atoms in total. The van der Waals surface area contributed by atoms with Crippen LogP contribution >= 0.6 is 0 Å². The standard InChI is InChI=1S/C15H15F2N3/c16-12-4-10(5-13(17)6-12)8-18-15-7-14(19-9-20-15)11-2-1-3-11/h4-7,9,11H,1-3,8H2,(H,18,19,20). The average Bonchev–Trinajstić information content (AvgIpc) is 2.34. The molecule has 0 saturated heterocycles. The van der Waals surface area contributed by atoms with E-state index in [2.05, 4.69) is 15.3 Å². The zero-order chi connectivity index (χ0) is 13.9. The molecule has 1 saturated carbocycles. The van der Waals surface area contributed by atoms with Crippen LogP contribution in [-0.4, -0.2) is 9.97 Å². The lowest BCUT2D eigenvalue weighted by molar-refractivity contribution is 0.411. The number of hydrogen-bond acceptors (Lipinski definition) is 3. The van der Waals surface area contributed by atoms with Crippen LogP contribution in [0.25, 0.3) is 0 Å². The molecule has 104 valence electrons. The van der Waals surface area contributed by atoms with Gasteiger partial charge in [0.25, 0.3) is 0 Å². The maximum atomic E-state index is 13.1. The zero-order valence-electron chi connectivity index (χ0n) is 10.9. The molecule has 2 aromatic rings. The van der Waals surface area contributed by atoms with E-state index in [9.17, 15) is 8.78 Å². The molecule has 20 heavy (non-hydrogen) atoms. The molecule has 1 fully saturated rings. The van der Waals surface area contributed by atoms with E-state index in [1.807, 2.05) is 6.07 Å². The number of nitrogens with zero attached hydrogens (tertiary/aromatic N) is 2. The molecule has 1 aliphatic rings. The quantitative estimate of drug-likeness (QED) is 0.925. The summed E-state index contributed by atoms with van der Waals surface area (Å²) in [7, 11) is 0. The van der Waals surface area contributed by atoms with Crippen LogP contribution in [0.5, 0.6) is 0 Å². The van der Waals surface area contributed by atoms with Crippen LogP contribution in [0.4, 0.5) is 14.6 Å². The summed E-state index contributed by atoms with van der Waals surface area (Å²) >= 11 is 0. The van der Waals surface area contributed by atoms with E-state index in [4.69, 9.17) is 0 Å². The third-order valence-electron chi connectivity index (χ3n) is 3.61. The van der Waals surface area contributed by atoms with E-state index in [0.717, 1.165) is 11.8 Å². The molecule has 0 amide bonds. The van der Waals surface area contributed by atoms with Crippen LogP contribution in [0.1, 0.15) is 36.4 Å². The molecular weight excluding hydrogens is 260 g/mol. The van der Waals surface area contributed by atoms with Crippen LogP contribution in [0.15, 0.2) is 30.6 Å². The fourth-order valence-corrected chi connectivity index (χ4v) is 2.30. The van der Waals surface area contributed by atoms with Crippen molar-refractivity contribution in [3.05, 3.63) is 53.5 Å². The highest BCUT2D eigenvalue weighted by molar-refractivity contribution is 5.37. The summed E-state index contributed by atoms with van der Waals surface area (Å²) in [4.78, 5) is 8.40. The third-order valence-corrected chi connectivity index (χ3v) is 3.61. The van der Waals surface area contributed by atoms with Crippen molar-refractivity contribution in [2.24, 2.45) is 0 Å². The first kappa shape index (κ1) is 13.0. The van der Waals surface area contributed by atoms with E-state index in [1.54, 1.807) is 0 Å². The van der Waals surface area contributed by atoms with Crippen LogP contribution in [0.2, 0.25) is 0 Å². The van der Waals surface area contributed by atoms with Crippen LogP contribution in [0.3, 0.4) is 0 Å². The smallest absolute Gasteiger partial charge is 0.129 e. The van der Waals surface area contributed by atoms with Gasteiger partial charge in [-0.15, -0.1) is 0 Å². The van der Waals surface area contributed by atoms with Crippen LogP contribution < -0.4 is 5.32 Å². The van der Waals surface area contributed by atoms with Gasteiger partial charge in [-0.2, -0.15) is 0 Å². The number of aromatic nitrogens is 2. The largest absolute Gasteiger partial charge is 0.366 e. The molecule has 1 aromatic heterocycles. The molecule has 0 bridgehead atoms. The van der Waals surface area contributed by atoms with Crippen molar-refractivity contribution in [2.75, 3.05) is 5.32 Å². The average molecular weight is 275 g/mol. The highest BCUT2D eigenvalue weighted by atomic mass is 19.1. The Morgan fingerprint density at radius 1 is 1.05 bits per heavy atom. The maximum Gasteiger partial charge on any atom is 0.129 e. The second kappa shape index (κ2) is 5.53. The minimum absolute atomic E-state index is 0.329. The van der Waals surface area contributed by atoms with E-state index >= 15 is 0 Å². The highest BCUT2D eigenvalue weighted by Crippen LogP contribution is 2.35. The van der Waals surface area contributed by atoms with Crippen molar-refractivity contribution in [2.45, 2.75) is 31.7 Å². The Morgan fingerprint density at radius 2 is 1.80 bits per heavy atom. The molecule has 0 spiro atoms. The molecule has 1 N–H and O–H groups in total. The number of halogens is 2. The normalized spacial score (nSPS) is 14.9. The molecule has 0 radical (unpaired) electrons. The van der Waals surface area contributed by atoms with E-state index in [1.165, 1.54) is 37.7 Å². The molecule has 0 aliphatic heterocycles. The van der Waals surface area contributed by atoms with Crippen LogP contribution in [0, 0.1) is 11.6 Å². The van der Waals surface area contributed by atoms with Gasteiger partial charge < -0.3 is 5.32 Å². The predicted octanol–water partition coefficient (Wildman–Crippen LogP) is 3.63. The van der Waals surface area contributed by atoms with Crippen molar-refractivity contribution in [3.63, 3.8) is 0 Å². The fourth-order valence-electron chi connectivity index (χ4n) is 2.30. The Hall–Kier alpha value is -2.04. The molecular formula is C15H15F2N3. The first-order valence-corrected chi connectivity index (χ1v) is 6.71. The minimum Gasteiger partial charge on any atom is -0.366 e. The number of nitrogens with one attached hydrogen (secondary N) is 1. The molecule has 0 atom stereocenters. The number of rotatable bonds is 4. The lowest BCUT2D eigenvalue weighted by Gasteiger charge is -2.24. The van der Waals surface area contributed by atoms with Crippen LogP contribution in [-0.2, 0) is 6.54 Å². The van der Waals surface area contributed by atoms with Gasteiger partial charge in [0.15, 0.2) is 0 Å². The SMILES string of the molecule is Fc1cc(F)cc(CNc2cc(C3CCC3)ncn2)c1. The molecule has 1 aromatic carbocycles. The second-order valence-electron chi connectivity index (χ2n) is 5.09. The summed E-state index contributed by atoms with van der Waals surface area (Å²) in [6, 6.07) is 5.40. The number of benzene rings is 1. The Bertz CT molecular complexity index is 592. The highest BCUT2D eigenvalue weighted by Gasteiger charge is 2.21. The van der Waals surface area contributed by atoms with Gasteiger partial charge in [0.05, 0.1) is 0 Å². The molecule has 5 heteroatoms. The first-order valence-electron chi connectivity index (χ1n) is 6.71. The Kier molecular flexibility index (Phi) is 3.58. The van der Waals surface area contributed by atoms with Gasteiger partial charge in [0.2, 0.25) is 0 Å². The van der Waals surface area contributed by atoms with Gasteiger partial charge in [0, 0.05) is 30.3 Å². The molecule has 1 aliphatic carbocycles. The molecule has 0 unspecified atom stereocenters. The summed E-state index contributed by atoms with van der Waals surface area (Å²) in [5.41, 5.74) is 1.59. The molecule has 3 rings (SSSR count). The predicted molar refractivity (Wildman–Crippen MR) is 72.3 cm³/mol. The lowest BCUT2D eigenvalue weighted by Crippen LogP contribution is -2.11. The summed E-state index contributed by atoms with van der Waals surface area (Å²) in [5, 5.41) is 3.07. The van der Waals surface area contributed by atoms with Gasteiger partial charge in [-0.05, 0) is 30.5 Å². The van der Waals surface area contributed by atoms with E-state index in [0.29, 0.717) is 23.8 Å². The van der Waals surface area contributed by atoms with Gasteiger partial charge >= 0.3 is 0 Å². The van der Waals surface area contributed by atoms with E-state index < -0.39 is 11.6 Å². The Balaban J connectivity index is 1.68. The summed E-state index contributed by atoms with van der Waals surface area (Å²) in [6.45, 7) is 0.329.